The number of halogens is 1. The molecule has 0 aromatic heterocycles. The Morgan fingerprint density at radius 3 is 2.71 bits per heavy atom. The van der Waals surface area contributed by atoms with E-state index in [1.807, 2.05) is 36.4 Å². The van der Waals surface area contributed by atoms with Crippen molar-refractivity contribution in [2.24, 2.45) is 17.3 Å². The standard InChI is InChI=1S/C25H25ClO2/c1-25-11-10-21-20-9-7-19(27)13-16(20)4-8-22(21)23(25)14-17(24(25)28)12-15-2-5-18(26)6-3-15/h2-3,5-7,9,12-13,21-23,27H,4,8,10-11,14H2,1H3/t21-,22-,23+,25+/m1/s1. The third kappa shape index (κ3) is 2.73. The molecular formula is C25H25ClO2. The molecule has 2 aromatic rings. The lowest BCUT2D eigenvalue weighted by Crippen LogP contribution is -2.42. The molecule has 3 aliphatic carbocycles. The third-order valence-corrected chi connectivity index (χ3v) is 7.81. The second-order valence-corrected chi connectivity index (χ2v) is 9.45. The van der Waals surface area contributed by atoms with Crippen LogP contribution in [0.1, 0.15) is 55.2 Å². The van der Waals surface area contributed by atoms with Gasteiger partial charge >= 0.3 is 0 Å². The lowest BCUT2D eigenvalue weighted by molar-refractivity contribution is -0.127. The minimum atomic E-state index is -0.228. The summed E-state index contributed by atoms with van der Waals surface area (Å²) in [5, 5.41) is 10.6. The molecule has 0 amide bonds. The molecule has 0 heterocycles. The van der Waals surface area contributed by atoms with Gasteiger partial charge in [0.25, 0.3) is 0 Å². The number of ketones is 1. The molecule has 0 bridgehead atoms. The van der Waals surface area contributed by atoms with Crippen molar-refractivity contribution in [2.45, 2.75) is 44.9 Å². The molecule has 144 valence electrons. The Hall–Kier alpha value is -2.06. The minimum Gasteiger partial charge on any atom is -0.508 e. The number of carbonyl (C=O) groups excluding carboxylic acids is 1. The first-order chi connectivity index (χ1) is 13.5. The van der Waals surface area contributed by atoms with Gasteiger partial charge in [-0.15, -0.1) is 0 Å². The summed E-state index contributed by atoms with van der Waals surface area (Å²) in [4.78, 5) is 13.4. The van der Waals surface area contributed by atoms with Gasteiger partial charge in [0.05, 0.1) is 0 Å². The normalized spacial score (nSPS) is 32.7. The maximum absolute atomic E-state index is 13.4. The summed E-state index contributed by atoms with van der Waals surface area (Å²) in [6.45, 7) is 2.20. The molecule has 0 radical (unpaired) electrons. The average molecular weight is 393 g/mol. The SMILES string of the molecule is C[C@]12CC[C@@H]3c4ccc(O)cc4CC[C@H]3[C@@H]1CC(=Cc1ccc(Cl)cc1)C2=O. The van der Waals surface area contributed by atoms with E-state index in [0.29, 0.717) is 29.3 Å². The van der Waals surface area contributed by atoms with Gasteiger partial charge in [0.1, 0.15) is 5.75 Å². The number of rotatable bonds is 1. The summed E-state index contributed by atoms with van der Waals surface area (Å²) in [5.41, 5.74) is 4.50. The highest BCUT2D eigenvalue weighted by Crippen LogP contribution is 2.60. The van der Waals surface area contributed by atoms with E-state index in [1.165, 1.54) is 11.1 Å². The maximum atomic E-state index is 13.4. The topological polar surface area (TPSA) is 37.3 Å². The molecule has 5 rings (SSSR count). The van der Waals surface area contributed by atoms with Crippen LogP contribution in [0, 0.1) is 17.3 Å². The van der Waals surface area contributed by atoms with Gasteiger partial charge in [-0.1, -0.05) is 36.7 Å². The lowest BCUT2D eigenvalue weighted by atomic mass is 9.55. The zero-order valence-electron chi connectivity index (χ0n) is 16.1. The molecule has 3 heteroatoms. The summed E-state index contributed by atoms with van der Waals surface area (Å²) in [6.07, 6.45) is 7.09. The summed E-state index contributed by atoms with van der Waals surface area (Å²) in [7, 11) is 0. The first-order valence-corrected chi connectivity index (χ1v) is 10.7. The molecular weight excluding hydrogens is 368 g/mol. The molecule has 2 nitrogen and oxygen atoms in total. The van der Waals surface area contributed by atoms with E-state index in [4.69, 9.17) is 11.6 Å². The van der Waals surface area contributed by atoms with Crippen LogP contribution in [0.4, 0.5) is 0 Å². The van der Waals surface area contributed by atoms with Gasteiger partial charge in [-0.3, -0.25) is 4.79 Å². The van der Waals surface area contributed by atoms with Gasteiger partial charge in [-0.05, 0) is 102 Å². The van der Waals surface area contributed by atoms with Crippen molar-refractivity contribution in [1.82, 2.24) is 0 Å². The fourth-order valence-corrected chi connectivity index (χ4v) is 6.25. The Kier molecular flexibility index (Phi) is 4.17. The number of phenols is 1. The van der Waals surface area contributed by atoms with Crippen molar-refractivity contribution in [3.05, 3.63) is 69.8 Å². The molecule has 0 aliphatic heterocycles. The van der Waals surface area contributed by atoms with E-state index in [0.717, 1.165) is 48.3 Å². The van der Waals surface area contributed by atoms with Crippen molar-refractivity contribution >= 4 is 23.5 Å². The van der Waals surface area contributed by atoms with E-state index >= 15 is 0 Å². The van der Waals surface area contributed by atoms with E-state index in [-0.39, 0.29) is 5.41 Å². The highest BCUT2D eigenvalue weighted by molar-refractivity contribution is 6.30. The first kappa shape index (κ1) is 18.0. The zero-order chi connectivity index (χ0) is 19.5. The fraction of sp³-hybridized carbons (Fsp3) is 0.400. The minimum absolute atomic E-state index is 0.228. The second kappa shape index (κ2) is 6.49. The van der Waals surface area contributed by atoms with Gasteiger partial charge in [-0.2, -0.15) is 0 Å². The predicted octanol–water partition coefficient (Wildman–Crippen LogP) is 6.16. The molecule has 28 heavy (non-hydrogen) atoms. The number of Topliss-reactive ketones (excluding diaryl/α,β-unsaturated/α-hetero) is 1. The van der Waals surface area contributed by atoms with Crippen molar-refractivity contribution in [2.75, 3.05) is 0 Å². The molecule has 4 atom stereocenters. The number of phenolic OH excluding ortho intramolecular Hbond substituents is 1. The summed E-state index contributed by atoms with van der Waals surface area (Å²) < 4.78 is 0. The highest BCUT2D eigenvalue weighted by atomic mass is 35.5. The smallest absolute Gasteiger partial charge is 0.165 e. The monoisotopic (exact) mass is 392 g/mol. The molecule has 3 aliphatic rings. The van der Waals surface area contributed by atoms with Crippen LogP contribution in [0.5, 0.6) is 5.75 Å². The zero-order valence-corrected chi connectivity index (χ0v) is 16.9. The maximum Gasteiger partial charge on any atom is 0.165 e. The first-order valence-electron chi connectivity index (χ1n) is 10.3. The largest absolute Gasteiger partial charge is 0.508 e. The van der Waals surface area contributed by atoms with Gasteiger partial charge in [0.15, 0.2) is 5.78 Å². The van der Waals surface area contributed by atoms with Crippen LogP contribution >= 0.6 is 11.6 Å². The van der Waals surface area contributed by atoms with Crippen LogP contribution in [-0.2, 0) is 11.2 Å². The molecule has 0 saturated heterocycles. The van der Waals surface area contributed by atoms with Gasteiger partial charge < -0.3 is 5.11 Å². The Balaban J connectivity index is 1.48. The lowest BCUT2D eigenvalue weighted by Gasteiger charge is -2.48. The Bertz CT molecular complexity index is 975. The van der Waals surface area contributed by atoms with Gasteiger partial charge in [-0.25, -0.2) is 0 Å². The second-order valence-electron chi connectivity index (χ2n) is 9.01. The third-order valence-electron chi connectivity index (χ3n) is 7.56. The van der Waals surface area contributed by atoms with Crippen LogP contribution in [0.2, 0.25) is 5.02 Å². The summed E-state index contributed by atoms with van der Waals surface area (Å²) >= 11 is 6.00. The van der Waals surface area contributed by atoms with Crippen molar-refractivity contribution in [1.29, 1.82) is 0 Å². The van der Waals surface area contributed by atoms with Crippen LogP contribution in [-0.4, -0.2) is 10.9 Å². The quantitative estimate of drug-likeness (QED) is 0.589. The molecule has 2 aromatic carbocycles. The number of benzene rings is 2. The van der Waals surface area contributed by atoms with E-state index in [2.05, 4.69) is 19.1 Å². The fourth-order valence-electron chi connectivity index (χ4n) is 6.13. The average Bonchev–Trinajstić information content (AvgIpc) is 2.94. The van der Waals surface area contributed by atoms with Crippen molar-refractivity contribution in [3.63, 3.8) is 0 Å². The van der Waals surface area contributed by atoms with E-state index in [9.17, 15) is 9.90 Å². The number of carbonyl (C=O) groups is 1. The number of allylic oxidation sites excluding steroid dienone is 1. The highest BCUT2D eigenvalue weighted by Gasteiger charge is 2.56. The number of hydrogen-bond donors (Lipinski definition) is 1. The predicted molar refractivity (Wildman–Crippen MR) is 113 cm³/mol. The summed E-state index contributed by atoms with van der Waals surface area (Å²) in [5.74, 6) is 2.20. The number of aromatic hydroxyl groups is 1. The Labute approximate surface area is 171 Å². The molecule has 0 unspecified atom stereocenters. The van der Waals surface area contributed by atoms with Crippen LogP contribution in [0.25, 0.3) is 6.08 Å². The Morgan fingerprint density at radius 1 is 1.14 bits per heavy atom. The van der Waals surface area contributed by atoms with Crippen molar-refractivity contribution < 1.29 is 9.90 Å². The molecule has 2 saturated carbocycles. The molecule has 1 N–H and O–H groups in total. The van der Waals surface area contributed by atoms with Crippen LogP contribution in [0.15, 0.2) is 48.0 Å². The Morgan fingerprint density at radius 2 is 1.93 bits per heavy atom. The summed E-state index contributed by atoms with van der Waals surface area (Å²) in [6, 6.07) is 13.6. The van der Waals surface area contributed by atoms with Crippen LogP contribution < -0.4 is 0 Å². The van der Waals surface area contributed by atoms with E-state index in [1.54, 1.807) is 0 Å². The molecule has 0 spiro atoms. The molecule has 2 fully saturated rings. The van der Waals surface area contributed by atoms with Gasteiger partial charge in [0, 0.05) is 10.4 Å². The van der Waals surface area contributed by atoms with Gasteiger partial charge in [0.2, 0.25) is 0 Å². The number of aryl methyl sites for hydroxylation is 1. The van der Waals surface area contributed by atoms with Crippen molar-refractivity contribution in [3.8, 4) is 5.75 Å². The number of fused-ring (bicyclic) bond motifs is 5. The number of hydrogen-bond acceptors (Lipinski definition) is 2. The van der Waals surface area contributed by atoms with Crippen LogP contribution in [0.3, 0.4) is 0 Å². The van der Waals surface area contributed by atoms with E-state index < -0.39 is 0 Å².